The van der Waals surface area contributed by atoms with E-state index in [1.807, 2.05) is 0 Å². The van der Waals surface area contributed by atoms with Crippen LogP contribution in [0.1, 0.15) is 62.3 Å². The van der Waals surface area contributed by atoms with E-state index in [9.17, 15) is 0 Å². The average Bonchev–Trinajstić information content (AvgIpc) is 2.77. The van der Waals surface area contributed by atoms with Gasteiger partial charge in [-0.2, -0.15) is 0 Å². The van der Waals surface area contributed by atoms with Crippen molar-refractivity contribution in [3.63, 3.8) is 0 Å². The zero-order chi connectivity index (χ0) is 24.8. The summed E-state index contributed by atoms with van der Waals surface area (Å²) < 4.78 is 26.6. The molecule has 4 nitrogen and oxygen atoms in total. The molecule has 0 unspecified atom stereocenters. The lowest BCUT2D eigenvalue weighted by atomic mass is 9.93. The molecule has 1 fully saturated rings. The molecule has 0 saturated carbocycles. The number of hydrogen-bond acceptors (Lipinski definition) is 4. The van der Waals surface area contributed by atoms with Gasteiger partial charge in [0.15, 0.2) is 25.0 Å². The van der Waals surface area contributed by atoms with Crippen molar-refractivity contribution in [3.05, 3.63) is 0 Å². The SMILES string of the molecule is [B][C@@H]1O[C@H](CO[Si](C)(C)C(C)(C)C)[C@@H](O[Si](C)(C)C(C)(C)C)[C@H]1O[Si](C)(C)C(C)(C)C. The molecule has 0 aliphatic carbocycles. The lowest BCUT2D eigenvalue weighted by molar-refractivity contribution is 0.000561. The minimum absolute atomic E-state index is 0.0873. The van der Waals surface area contributed by atoms with Crippen molar-refractivity contribution in [3.8, 4) is 0 Å². The van der Waals surface area contributed by atoms with Gasteiger partial charge >= 0.3 is 0 Å². The maximum absolute atomic E-state index is 6.93. The van der Waals surface area contributed by atoms with Gasteiger partial charge in [0.05, 0.1) is 12.7 Å². The van der Waals surface area contributed by atoms with Crippen LogP contribution in [0.15, 0.2) is 0 Å². The number of hydrogen-bond donors (Lipinski definition) is 0. The molecule has 0 N–H and O–H groups in total. The van der Waals surface area contributed by atoms with Crippen molar-refractivity contribution in [2.45, 2.75) is 141 Å². The summed E-state index contributed by atoms with van der Waals surface area (Å²) in [4.78, 5) is 0. The third kappa shape index (κ3) is 7.02. The largest absolute Gasteiger partial charge is 0.414 e. The van der Waals surface area contributed by atoms with Crippen LogP contribution in [0.2, 0.25) is 54.4 Å². The Balaban J connectivity index is 3.22. The molecule has 0 aromatic heterocycles. The van der Waals surface area contributed by atoms with E-state index in [0.717, 1.165) is 0 Å². The third-order valence-corrected chi connectivity index (χ3v) is 21.7. The first-order chi connectivity index (χ1) is 13.4. The first-order valence-corrected chi connectivity index (χ1v) is 20.6. The van der Waals surface area contributed by atoms with Crippen molar-refractivity contribution in [2.24, 2.45) is 0 Å². The molecule has 1 aliphatic rings. The lowest BCUT2D eigenvalue weighted by Crippen LogP contribution is -2.55. The van der Waals surface area contributed by atoms with Crippen molar-refractivity contribution >= 4 is 32.8 Å². The van der Waals surface area contributed by atoms with Crippen LogP contribution in [0.3, 0.4) is 0 Å². The highest BCUT2D eigenvalue weighted by Crippen LogP contribution is 2.44. The highest BCUT2D eigenvalue weighted by atomic mass is 28.4. The topological polar surface area (TPSA) is 36.9 Å². The molecule has 8 heteroatoms. The van der Waals surface area contributed by atoms with Gasteiger partial charge in [-0.15, -0.1) is 0 Å². The van der Waals surface area contributed by atoms with Crippen molar-refractivity contribution in [1.29, 1.82) is 0 Å². The molecule has 0 aromatic carbocycles. The Morgan fingerprint density at radius 2 is 1.00 bits per heavy atom. The number of ether oxygens (including phenoxy) is 1. The van der Waals surface area contributed by atoms with Gasteiger partial charge in [-0.3, -0.25) is 0 Å². The quantitative estimate of drug-likeness (QED) is 0.376. The summed E-state index contributed by atoms with van der Waals surface area (Å²) in [5.74, 6) is 0. The average molecular weight is 487 g/mol. The van der Waals surface area contributed by atoms with Gasteiger partial charge in [-0.05, 0) is 54.4 Å². The molecular weight excluding hydrogens is 435 g/mol. The summed E-state index contributed by atoms with van der Waals surface area (Å²) in [6, 6.07) is -0.503. The summed E-state index contributed by atoms with van der Waals surface area (Å²) in [6.07, 6.45) is -0.703. The van der Waals surface area contributed by atoms with Crippen molar-refractivity contribution in [1.82, 2.24) is 0 Å². The Morgan fingerprint density at radius 3 is 1.35 bits per heavy atom. The molecule has 182 valence electrons. The normalized spacial score (nSPS) is 27.1. The summed E-state index contributed by atoms with van der Waals surface area (Å²) in [5, 5.41) is 0.316. The van der Waals surface area contributed by atoms with E-state index in [4.69, 9.17) is 25.9 Å². The van der Waals surface area contributed by atoms with Crippen LogP contribution in [0.4, 0.5) is 0 Å². The Bertz CT molecular complexity index is 603. The highest BCUT2D eigenvalue weighted by Gasteiger charge is 2.52. The monoisotopic (exact) mass is 486 g/mol. The molecular formula is C23H51BO4Si3. The van der Waals surface area contributed by atoms with E-state index in [2.05, 4.69) is 102 Å². The van der Waals surface area contributed by atoms with Crippen LogP contribution >= 0.6 is 0 Å². The van der Waals surface area contributed by atoms with Crippen LogP contribution < -0.4 is 0 Å². The molecule has 4 atom stereocenters. The fourth-order valence-corrected chi connectivity index (χ4v) is 6.34. The Labute approximate surface area is 198 Å². The fraction of sp³-hybridized carbons (Fsp3) is 1.00. The number of rotatable bonds is 7. The van der Waals surface area contributed by atoms with Gasteiger partial charge in [0, 0.05) is 6.00 Å². The van der Waals surface area contributed by atoms with Gasteiger partial charge in [0.25, 0.3) is 0 Å². The predicted molar refractivity (Wildman–Crippen MR) is 142 cm³/mol. The summed E-state index contributed by atoms with van der Waals surface area (Å²) >= 11 is 0. The van der Waals surface area contributed by atoms with Crippen LogP contribution in [0.5, 0.6) is 0 Å². The van der Waals surface area contributed by atoms with Crippen LogP contribution in [-0.4, -0.2) is 63.7 Å². The van der Waals surface area contributed by atoms with Crippen molar-refractivity contribution in [2.75, 3.05) is 6.61 Å². The van der Waals surface area contributed by atoms with Crippen molar-refractivity contribution < 1.29 is 18.0 Å². The summed E-state index contributed by atoms with van der Waals surface area (Å²) in [7, 11) is 0.503. The second kappa shape index (κ2) is 9.31. The maximum atomic E-state index is 6.93. The summed E-state index contributed by atoms with van der Waals surface area (Å²) in [6.45, 7) is 34.5. The molecule has 1 rings (SSSR count). The fourth-order valence-electron chi connectivity index (χ4n) is 2.71. The molecule has 0 bridgehead atoms. The molecule has 31 heavy (non-hydrogen) atoms. The highest BCUT2D eigenvalue weighted by molar-refractivity contribution is 6.75. The molecule has 1 saturated heterocycles. The van der Waals surface area contributed by atoms with Crippen LogP contribution in [0, 0.1) is 0 Å². The minimum Gasteiger partial charge on any atom is -0.414 e. The molecule has 0 amide bonds. The zero-order valence-electron chi connectivity index (χ0n) is 23.2. The second-order valence-electron chi connectivity index (χ2n) is 13.9. The first kappa shape index (κ1) is 29.6. The Kier molecular flexibility index (Phi) is 8.88. The van der Waals surface area contributed by atoms with E-state index in [1.54, 1.807) is 0 Å². The van der Waals surface area contributed by atoms with E-state index in [1.165, 1.54) is 0 Å². The standard InChI is InChI=1S/C23H51BO4Si3/c1-21(2,3)29(10,11)25-16-17-18(27-30(12,13)22(4,5)6)19(20(24)26-17)28-31(14,15)23(7,8)9/h17-20H,16H2,1-15H3/t17-,18-,19-,20-/m1/s1. The minimum atomic E-state index is -2.06. The molecule has 0 aromatic rings. The molecule has 1 heterocycles. The predicted octanol–water partition coefficient (Wildman–Crippen LogP) is 6.68. The van der Waals surface area contributed by atoms with Gasteiger partial charge in [0.1, 0.15) is 20.1 Å². The smallest absolute Gasteiger partial charge is 0.192 e. The summed E-state index contributed by atoms with van der Waals surface area (Å²) in [5.41, 5.74) is 0. The molecule has 1 aliphatic heterocycles. The van der Waals surface area contributed by atoms with E-state index in [-0.39, 0.29) is 33.4 Å². The van der Waals surface area contributed by atoms with E-state index >= 15 is 0 Å². The van der Waals surface area contributed by atoms with Crippen LogP contribution in [-0.2, 0) is 18.0 Å². The second-order valence-corrected chi connectivity index (χ2v) is 28.2. The van der Waals surface area contributed by atoms with Gasteiger partial charge in [-0.25, -0.2) is 0 Å². The maximum Gasteiger partial charge on any atom is 0.192 e. The van der Waals surface area contributed by atoms with Crippen LogP contribution in [0.25, 0.3) is 0 Å². The third-order valence-electron chi connectivity index (χ3n) is 8.23. The van der Waals surface area contributed by atoms with Gasteiger partial charge < -0.3 is 18.0 Å². The Hall–Kier alpha value is 0.556. The van der Waals surface area contributed by atoms with E-state index < -0.39 is 31.0 Å². The lowest BCUT2D eigenvalue weighted by Gasteiger charge is -2.44. The Morgan fingerprint density at radius 1 is 0.645 bits per heavy atom. The first-order valence-electron chi connectivity index (χ1n) is 11.8. The van der Waals surface area contributed by atoms with E-state index in [0.29, 0.717) is 6.61 Å². The van der Waals surface area contributed by atoms with Gasteiger partial charge in [0.2, 0.25) is 0 Å². The molecule has 0 spiro atoms. The van der Waals surface area contributed by atoms with Gasteiger partial charge in [-0.1, -0.05) is 62.3 Å². The molecule has 2 radical (unpaired) electrons. The zero-order valence-corrected chi connectivity index (χ0v) is 26.2.